The highest BCUT2D eigenvalue weighted by atomic mass is 32.2. The maximum Gasteiger partial charge on any atom is 0.415 e. The molecule has 2 fully saturated rings. The van der Waals surface area contributed by atoms with E-state index in [9.17, 15) is 23.1 Å². The smallest absolute Gasteiger partial charge is 0.415 e. The Labute approximate surface area is 198 Å². The number of carbonyl (C=O) groups excluding carboxylic acids is 1. The number of nitrogens with zero attached hydrogens (tertiary/aromatic N) is 3. The lowest BCUT2D eigenvalue weighted by atomic mass is 9.88. The van der Waals surface area contributed by atoms with Crippen LogP contribution in [0.1, 0.15) is 50.5 Å². The van der Waals surface area contributed by atoms with Crippen LogP contribution >= 0.6 is 0 Å². The molecular formula is C24H28N4O5S. The van der Waals surface area contributed by atoms with Crippen molar-refractivity contribution in [2.75, 3.05) is 13.1 Å². The minimum absolute atomic E-state index is 0.102. The van der Waals surface area contributed by atoms with Gasteiger partial charge in [0.25, 0.3) is 5.91 Å². The van der Waals surface area contributed by atoms with Crippen LogP contribution < -0.4 is 5.32 Å². The summed E-state index contributed by atoms with van der Waals surface area (Å²) in [4.78, 5) is 29.0. The zero-order chi connectivity index (χ0) is 23.9. The number of rotatable bonds is 4. The molecule has 9 nitrogen and oxygen atoms in total. The molecule has 0 bridgehead atoms. The summed E-state index contributed by atoms with van der Waals surface area (Å²) in [5.74, 6) is 0.998. The van der Waals surface area contributed by atoms with E-state index in [1.165, 1.54) is 23.0 Å². The van der Waals surface area contributed by atoms with Gasteiger partial charge in [0, 0.05) is 36.0 Å². The number of aliphatic imine (C=N–C) groups is 1. The average molecular weight is 485 g/mol. The fourth-order valence-corrected chi connectivity index (χ4v) is 6.49. The number of aromatic nitrogens is 1. The first-order valence-corrected chi connectivity index (χ1v) is 13.2. The zero-order valence-corrected chi connectivity index (χ0v) is 19.6. The molecule has 1 aromatic carbocycles. The third-order valence-electron chi connectivity index (χ3n) is 7.29. The maximum atomic E-state index is 13.0. The van der Waals surface area contributed by atoms with Crippen LogP contribution in [0.3, 0.4) is 0 Å². The normalized spacial score (nSPS) is 21.9. The lowest BCUT2D eigenvalue weighted by Crippen LogP contribution is -2.50. The highest BCUT2D eigenvalue weighted by Gasteiger charge is 2.48. The topological polar surface area (TPSA) is 121 Å². The van der Waals surface area contributed by atoms with Crippen molar-refractivity contribution in [1.82, 2.24) is 14.2 Å². The fraction of sp³-hybridized carbons (Fsp3) is 0.458. The summed E-state index contributed by atoms with van der Waals surface area (Å²) in [5, 5.41) is 14.1. The van der Waals surface area contributed by atoms with Gasteiger partial charge in [-0.3, -0.25) is 14.4 Å². The molecule has 3 heterocycles. The number of fused-ring (bicyclic) bond motifs is 1. The van der Waals surface area contributed by atoms with Crippen molar-refractivity contribution in [2.45, 2.75) is 50.5 Å². The van der Waals surface area contributed by atoms with Gasteiger partial charge in [-0.15, -0.1) is 0 Å². The first kappa shape index (κ1) is 22.8. The molecule has 1 aromatic heterocycles. The van der Waals surface area contributed by atoms with Gasteiger partial charge >= 0.3 is 6.09 Å². The van der Waals surface area contributed by atoms with Crippen molar-refractivity contribution in [3.63, 3.8) is 0 Å². The molecule has 3 aliphatic rings. The summed E-state index contributed by atoms with van der Waals surface area (Å²) in [5.41, 5.74) is 0.255. The van der Waals surface area contributed by atoms with Crippen molar-refractivity contribution < 1.29 is 23.1 Å². The second-order valence-corrected chi connectivity index (χ2v) is 11.1. The second kappa shape index (κ2) is 8.66. The molecule has 1 saturated heterocycles. The number of piperidine rings is 1. The predicted octanol–water partition coefficient (Wildman–Crippen LogP) is 3.41. The molecule has 180 valence electrons. The van der Waals surface area contributed by atoms with Gasteiger partial charge in [-0.25, -0.2) is 13.2 Å². The largest absolute Gasteiger partial charge is 0.464 e. The Balaban J connectivity index is 1.30. The van der Waals surface area contributed by atoms with Crippen molar-refractivity contribution in [3.05, 3.63) is 41.4 Å². The van der Waals surface area contributed by atoms with Gasteiger partial charge in [-0.2, -0.15) is 4.31 Å². The SMILES string of the molecule is O=C(O)n1ccc2c(C=CS(=O)(=O)N3CCC4(CC3)N=C(C3CCCCC3)NC4=O)cccc21. The molecule has 0 radical (unpaired) electrons. The van der Waals surface area contributed by atoms with Crippen LogP contribution in [0.15, 0.2) is 40.9 Å². The van der Waals surface area contributed by atoms with E-state index in [0.717, 1.165) is 41.5 Å². The average Bonchev–Trinajstić information content (AvgIpc) is 3.41. The maximum absolute atomic E-state index is 13.0. The molecular weight excluding hydrogens is 456 g/mol. The third-order valence-corrected chi connectivity index (χ3v) is 8.86. The van der Waals surface area contributed by atoms with E-state index >= 15 is 0 Å². The third kappa shape index (κ3) is 4.05. The number of carboxylic acid groups (broad SMARTS) is 1. The number of hydrogen-bond donors (Lipinski definition) is 2. The molecule has 1 amide bonds. The molecule has 1 saturated carbocycles. The first-order valence-electron chi connectivity index (χ1n) is 11.7. The first-order chi connectivity index (χ1) is 16.3. The molecule has 10 heteroatoms. The second-order valence-electron chi connectivity index (χ2n) is 9.31. The summed E-state index contributed by atoms with van der Waals surface area (Å²) in [6.07, 6.45) is 8.18. The number of sulfonamides is 1. The Hall–Kier alpha value is -2.98. The zero-order valence-electron chi connectivity index (χ0n) is 18.8. The van der Waals surface area contributed by atoms with E-state index in [-0.39, 0.29) is 19.0 Å². The summed E-state index contributed by atoms with van der Waals surface area (Å²) in [6, 6.07) is 6.77. The monoisotopic (exact) mass is 484 g/mol. The Bertz CT molecular complexity index is 1300. The van der Waals surface area contributed by atoms with E-state index < -0.39 is 21.7 Å². The van der Waals surface area contributed by atoms with Crippen LogP contribution in [-0.4, -0.2) is 58.9 Å². The fourth-order valence-electron chi connectivity index (χ4n) is 5.31. The molecule has 1 aliphatic carbocycles. The van der Waals surface area contributed by atoms with Crippen LogP contribution in [0.5, 0.6) is 0 Å². The lowest BCUT2D eigenvalue weighted by Gasteiger charge is -2.34. The highest BCUT2D eigenvalue weighted by molar-refractivity contribution is 7.92. The van der Waals surface area contributed by atoms with E-state index in [2.05, 4.69) is 5.32 Å². The highest BCUT2D eigenvalue weighted by Crippen LogP contribution is 2.35. The van der Waals surface area contributed by atoms with Gasteiger partial charge in [0.2, 0.25) is 10.0 Å². The minimum Gasteiger partial charge on any atom is -0.464 e. The number of amidine groups is 1. The summed E-state index contributed by atoms with van der Waals surface area (Å²) >= 11 is 0. The van der Waals surface area contributed by atoms with Crippen molar-refractivity contribution in [3.8, 4) is 0 Å². The molecule has 2 aliphatic heterocycles. The Kier molecular flexibility index (Phi) is 5.81. The Morgan fingerprint density at radius 3 is 2.59 bits per heavy atom. The van der Waals surface area contributed by atoms with Crippen LogP contribution in [0, 0.1) is 5.92 Å². The molecule has 2 N–H and O–H groups in total. The quantitative estimate of drug-likeness (QED) is 0.689. The van der Waals surface area contributed by atoms with Gasteiger partial charge in [-0.1, -0.05) is 31.4 Å². The lowest BCUT2D eigenvalue weighted by molar-refractivity contribution is -0.125. The molecule has 0 unspecified atom stereocenters. The molecule has 5 rings (SSSR count). The predicted molar refractivity (Wildman–Crippen MR) is 129 cm³/mol. The summed E-state index contributed by atoms with van der Waals surface area (Å²) in [6.45, 7) is 0.447. The van der Waals surface area contributed by atoms with Crippen molar-refractivity contribution in [1.29, 1.82) is 0 Å². The standard InChI is InChI=1S/C24H28N4O5S/c29-22-24(26-21(25-22)18-5-2-1-3-6-18)11-14-27(15-12-24)34(32,33)16-10-17-7-4-8-20-19(17)9-13-28(20)23(30)31/h4,7-10,13,16,18H,1-3,5-6,11-12,14-15H2,(H,30,31)(H,25,26,29). The van der Waals surface area contributed by atoms with Gasteiger partial charge in [0.1, 0.15) is 11.4 Å². The number of hydrogen-bond acceptors (Lipinski definition) is 5. The van der Waals surface area contributed by atoms with E-state index in [4.69, 9.17) is 4.99 Å². The number of amides is 1. The Morgan fingerprint density at radius 1 is 1.15 bits per heavy atom. The van der Waals surface area contributed by atoms with Crippen LogP contribution in [0.25, 0.3) is 17.0 Å². The van der Waals surface area contributed by atoms with Gasteiger partial charge < -0.3 is 10.4 Å². The van der Waals surface area contributed by atoms with Gasteiger partial charge in [0.15, 0.2) is 0 Å². The van der Waals surface area contributed by atoms with Crippen molar-refractivity contribution in [2.24, 2.45) is 10.9 Å². The van der Waals surface area contributed by atoms with Crippen LogP contribution in [0.4, 0.5) is 4.79 Å². The van der Waals surface area contributed by atoms with Crippen LogP contribution in [-0.2, 0) is 14.8 Å². The summed E-state index contributed by atoms with van der Waals surface area (Å²) < 4.78 is 28.5. The molecule has 34 heavy (non-hydrogen) atoms. The number of nitrogens with one attached hydrogen (secondary N) is 1. The Morgan fingerprint density at radius 2 is 1.88 bits per heavy atom. The van der Waals surface area contributed by atoms with E-state index in [0.29, 0.717) is 35.2 Å². The minimum atomic E-state index is -3.71. The van der Waals surface area contributed by atoms with E-state index in [1.807, 2.05) is 0 Å². The summed E-state index contributed by atoms with van der Waals surface area (Å²) in [7, 11) is -3.71. The molecule has 2 aromatic rings. The number of carbonyl (C=O) groups is 2. The molecule has 0 atom stereocenters. The van der Waals surface area contributed by atoms with Gasteiger partial charge in [-0.05, 0) is 49.5 Å². The van der Waals surface area contributed by atoms with E-state index in [1.54, 1.807) is 24.3 Å². The number of benzene rings is 1. The van der Waals surface area contributed by atoms with Crippen molar-refractivity contribution >= 4 is 44.8 Å². The molecule has 1 spiro atoms. The van der Waals surface area contributed by atoms with Gasteiger partial charge in [0.05, 0.1) is 5.52 Å². The van der Waals surface area contributed by atoms with Crippen LogP contribution in [0.2, 0.25) is 0 Å².